The highest BCUT2D eigenvalue weighted by Crippen LogP contribution is 2.19. The third-order valence-corrected chi connectivity index (χ3v) is 2.85. The molecule has 0 aliphatic carbocycles. The molecule has 0 bridgehead atoms. The molecule has 88 valence electrons. The Balaban J connectivity index is 2.13. The van der Waals surface area contributed by atoms with Crippen molar-refractivity contribution in [2.45, 2.75) is 5.88 Å². The first-order chi connectivity index (χ1) is 8.86. The highest BCUT2D eigenvalue weighted by atomic mass is 35.5. The Morgan fingerprint density at radius 3 is 2.56 bits per heavy atom. The van der Waals surface area contributed by atoms with Crippen LogP contribution in [0.25, 0.3) is 22.4 Å². The molecule has 5 heteroatoms. The summed E-state index contributed by atoms with van der Waals surface area (Å²) in [6.45, 7) is 0. The molecule has 0 saturated heterocycles. The van der Waals surface area contributed by atoms with Crippen molar-refractivity contribution >= 4 is 22.6 Å². The Bertz CT molecular complexity index is 699. The molecule has 0 N–H and O–H groups in total. The molecule has 0 saturated carbocycles. The zero-order valence-electron chi connectivity index (χ0n) is 9.42. The topological polar surface area (TPSA) is 51.6 Å². The molecule has 4 nitrogen and oxygen atoms in total. The Morgan fingerprint density at radius 2 is 1.72 bits per heavy atom. The van der Waals surface area contributed by atoms with Crippen LogP contribution >= 0.6 is 11.6 Å². The van der Waals surface area contributed by atoms with Gasteiger partial charge < -0.3 is 0 Å². The fourth-order valence-electron chi connectivity index (χ4n) is 1.71. The van der Waals surface area contributed by atoms with Crippen molar-refractivity contribution < 1.29 is 0 Å². The molecule has 3 rings (SSSR count). The predicted octanol–water partition coefficient (Wildman–Crippen LogP) is 2.83. The number of alkyl halides is 1. The third kappa shape index (κ3) is 2.02. The minimum atomic E-state index is 0.378. The number of halogens is 1. The van der Waals surface area contributed by atoms with E-state index >= 15 is 0 Å². The molecule has 1 aromatic carbocycles. The van der Waals surface area contributed by atoms with Gasteiger partial charge in [-0.2, -0.15) is 0 Å². The molecular formula is C13H9ClN4. The van der Waals surface area contributed by atoms with E-state index in [1.165, 1.54) is 0 Å². The summed E-state index contributed by atoms with van der Waals surface area (Å²) in [5.41, 5.74) is 3.40. The lowest BCUT2D eigenvalue weighted by atomic mass is 10.2. The zero-order chi connectivity index (χ0) is 12.4. The summed E-state index contributed by atoms with van der Waals surface area (Å²) in [4.78, 5) is 17.1. The summed E-state index contributed by atoms with van der Waals surface area (Å²) in [7, 11) is 0. The summed E-state index contributed by atoms with van der Waals surface area (Å²) in [5, 5.41) is 0. The van der Waals surface area contributed by atoms with Gasteiger partial charge in [0.15, 0.2) is 5.82 Å². The number of fused-ring (bicyclic) bond motifs is 1. The van der Waals surface area contributed by atoms with Crippen LogP contribution in [0.3, 0.4) is 0 Å². The first kappa shape index (κ1) is 11.0. The predicted molar refractivity (Wildman–Crippen MR) is 70.1 cm³/mol. The molecule has 2 aromatic heterocycles. The van der Waals surface area contributed by atoms with Gasteiger partial charge in [-0.15, -0.1) is 11.6 Å². The summed E-state index contributed by atoms with van der Waals surface area (Å²) in [6.07, 6.45) is 5.05. The number of aromatic nitrogens is 4. The van der Waals surface area contributed by atoms with Crippen LogP contribution < -0.4 is 0 Å². The van der Waals surface area contributed by atoms with Gasteiger partial charge in [0, 0.05) is 24.2 Å². The van der Waals surface area contributed by atoms with E-state index in [0.29, 0.717) is 11.7 Å². The number of rotatable bonds is 2. The van der Waals surface area contributed by atoms with Crippen LogP contribution in [0.1, 0.15) is 5.69 Å². The van der Waals surface area contributed by atoms with Crippen LogP contribution in [-0.2, 0) is 5.88 Å². The summed E-state index contributed by atoms with van der Waals surface area (Å²) in [6, 6.07) is 7.58. The van der Waals surface area contributed by atoms with E-state index in [9.17, 15) is 0 Å². The smallest absolute Gasteiger partial charge is 0.159 e. The Morgan fingerprint density at radius 1 is 0.889 bits per heavy atom. The van der Waals surface area contributed by atoms with E-state index in [0.717, 1.165) is 22.3 Å². The number of hydrogen-bond acceptors (Lipinski definition) is 4. The fraction of sp³-hybridized carbons (Fsp3) is 0.0769. The van der Waals surface area contributed by atoms with Crippen molar-refractivity contribution in [1.82, 2.24) is 19.9 Å². The van der Waals surface area contributed by atoms with Gasteiger partial charge in [0.2, 0.25) is 0 Å². The molecule has 0 unspecified atom stereocenters. The molecule has 0 radical (unpaired) electrons. The molecule has 0 aliphatic rings. The maximum atomic E-state index is 5.77. The molecule has 18 heavy (non-hydrogen) atoms. The van der Waals surface area contributed by atoms with Gasteiger partial charge in [0.25, 0.3) is 0 Å². The lowest BCUT2D eigenvalue weighted by molar-refractivity contribution is 1.09. The normalized spacial score (nSPS) is 10.7. The van der Waals surface area contributed by atoms with E-state index in [1.54, 1.807) is 24.7 Å². The van der Waals surface area contributed by atoms with Gasteiger partial charge in [-0.25, -0.2) is 9.97 Å². The highest BCUT2D eigenvalue weighted by molar-refractivity contribution is 6.16. The van der Waals surface area contributed by atoms with Crippen LogP contribution in [0, 0.1) is 0 Å². The summed E-state index contributed by atoms with van der Waals surface area (Å²) in [5.74, 6) is 1.03. The molecule has 2 heterocycles. The zero-order valence-corrected chi connectivity index (χ0v) is 10.2. The molecule has 3 aromatic rings. The van der Waals surface area contributed by atoms with Crippen molar-refractivity contribution in [2.75, 3.05) is 0 Å². The second-order valence-electron chi connectivity index (χ2n) is 3.77. The maximum Gasteiger partial charge on any atom is 0.159 e. The lowest BCUT2D eigenvalue weighted by Crippen LogP contribution is -1.93. The summed E-state index contributed by atoms with van der Waals surface area (Å²) < 4.78 is 0. The molecule has 0 atom stereocenters. The van der Waals surface area contributed by atoms with Crippen LogP contribution in [-0.4, -0.2) is 19.9 Å². The quantitative estimate of drug-likeness (QED) is 0.662. The van der Waals surface area contributed by atoms with Gasteiger partial charge >= 0.3 is 0 Å². The van der Waals surface area contributed by atoms with E-state index < -0.39 is 0 Å². The van der Waals surface area contributed by atoms with Gasteiger partial charge in [0.1, 0.15) is 0 Å². The Kier molecular flexibility index (Phi) is 2.86. The van der Waals surface area contributed by atoms with Gasteiger partial charge in [0.05, 0.1) is 22.6 Å². The molecule has 0 fully saturated rings. The van der Waals surface area contributed by atoms with Crippen LogP contribution in [0.2, 0.25) is 0 Å². The SMILES string of the molecule is ClCc1ccnc(-c2ccc3nccnc3c2)n1. The molecule has 0 aliphatic heterocycles. The lowest BCUT2D eigenvalue weighted by Gasteiger charge is -2.02. The van der Waals surface area contributed by atoms with E-state index in [2.05, 4.69) is 19.9 Å². The average molecular weight is 257 g/mol. The second-order valence-corrected chi connectivity index (χ2v) is 4.03. The number of nitrogens with zero attached hydrogens (tertiary/aromatic N) is 4. The Labute approximate surface area is 109 Å². The van der Waals surface area contributed by atoms with Gasteiger partial charge in [-0.05, 0) is 24.3 Å². The van der Waals surface area contributed by atoms with E-state index in [4.69, 9.17) is 11.6 Å². The van der Waals surface area contributed by atoms with Crippen LogP contribution in [0.4, 0.5) is 0 Å². The Hall–Kier alpha value is -2.07. The highest BCUT2D eigenvalue weighted by Gasteiger charge is 2.04. The maximum absolute atomic E-state index is 5.77. The largest absolute Gasteiger partial charge is 0.253 e. The van der Waals surface area contributed by atoms with Crippen molar-refractivity contribution in [2.24, 2.45) is 0 Å². The molecule has 0 amide bonds. The fourth-order valence-corrected chi connectivity index (χ4v) is 1.86. The van der Waals surface area contributed by atoms with E-state index in [1.807, 2.05) is 18.2 Å². The van der Waals surface area contributed by atoms with Crippen molar-refractivity contribution in [3.05, 3.63) is 48.5 Å². The van der Waals surface area contributed by atoms with Crippen molar-refractivity contribution in [3.8, 4) is 11.4 Å². The van der Waals surface area contributed by atoms with Crippen LogP contribution in [0.5, 0.6) is 0 Å². The van der Waals surface area contributed by atoms with Gasteiger partial charge in [-0.1, -0.05) is 0 Å². The molecular weight excluding hydrogens is 248 g/mol. The van der Waals surface area contributed by atoms with Gasteiger partial charge in [-0.3, -0.25) is 9.97 Å². The van der Waals surface area contributed by atoms with Crippen molar-refractivity contribution in [1.29, 1.82) is 0 Å². The number of hydrogen-bond donors (Lipinski definition) is 0. The minimum Gasteiger partial charge on any atom is -0.253 e. The molecule has 0 spiro atoms. The summed E-state index contributed by atoms with van der Waals surface area (Å²) >= 11 is 5.77. The standard InChI is InChI=1S/C13H9ClN4/c14-8-10-3-4-17-13(18-10)9-1-2-11-12(7-9)16-6-5-15-11/h1-7H,8H2. The van der Waals surface area contributed by atoms with Crippen molar-refractivity contribution in [3.63, 3.8) is 0 Å². The minimum absolute atomic E-state index is 0.378. The third-order valence-electron chi connectivity index (χ3n) is 2.58. The number of benzene rings is 1. The first-order valence-electron chi connectivity index (χ1n) is 5.46. The second kappa shape index (κ2) is 4.66. The van der Waals surface area contributed by atoms with E-state index in [-0.39, 0.29) is 0 Å². The monoisotopic (exact) mass is 256 g/mol. The van der Waals surface area contributed by atoms with Crippen LogP contribution in [0.15, 0.2) is 42.9 Å². The first-order valence-corrected chi connectivity index (χ1v) is 5.99. The average Bonchev–Trinajstić information content (AvgIpc) is 2.47.